The van der Waals surface area contributed by atoms with E-state index in [1.165, 1.54) is 0 Å². The summed E-state index contributed by atoms with van der Waals surface area (Å²) in [7, 11) is 0. The molecule has 4 rings (SSSR count). The normalized spacial score (nSPS) is 10.5. The molecule has 0 aliphatic carbocycles. The second kappa shape index (κ2) is 7.88. The Balaban J connectivity index is 1.36. The zero-order valence-corrected chi connectivity index (χ0v) is 15.1. The fourth-order valence-electron chi connectivity index (χ4n) is 2.50. The third-order valence-corrected chi connectivity index (χ3v) is 4.65. The van der Waals surface area contributed by atoms with Gasteiger partial charge in [0, 0.05) is 22.8 Å². The predicted octanol–water partition coefficient (Wildman–Crippen LogP) is 5.23. The van der Waals surface area contributed by atoms with Crippen LogP contribution in [0.1, 0.15) is 16.3 Å². The van der Waals surface area contributed by atoms with E-state index in [1.807, 2.05) is 60.0 Å². The monoisotopic (exact) mass is 376 g/mol. The molecule has 0 bridgehead atoms. The molecule has 4 aromatic rings. The van der Waals surface area contributed by atoms with Crippen LogP contribution in [-0.4, -0.2) is 10.9 Å². The third kappa shape index (κ3) is 4.24. The number of nitrogens with zero attached hydrogens (tertiary/aromatic N) is 1. The summed E-state index contributed by atoms with van der Waals surface area (Å²) in [6.07, 6.45) is 1.77. The van der Waals surface area contributed by atoms with Crippen LogP contribution in [0.4, 0.5) is 5.69 Å². The number of anilines is 1. The number of carbonyl (C=O) groups excluding carboxylic acids is 1. The highest BCUT2D eigenvalue weighted by Crippen LogP contribution is 2.23. The first kappa shape index (κ1) is 17.1. The molecule has 0 spiro atoms. The Hall–Kier alpha value is -3.38. The minimum atomic E-state index is -0.303. The van der Waals surface area contributed by atoms with Crippen molar-refractivity contribution in [1.29, 1.82) is 0 Å². The summed E-state index contributed by atoms with van der Waals surface area (Å²) >= 11 is 1.57. The maximum atomic E-state index is 12.4. The molecule has 2 aromatic carbocycles. The highest BCUT2D eigenvalue weighted by Gasteiger charge is 2.12. The highest BCUT2D eigenvalue weighted by atomic mass is 32.1. The summed E-state index contributed by atoms with van der Waals surface area (Å²) in [5, 5.41) is 5.71. The number of hydrogen-bond acceptors (Lipinski definition) is 5. The number of thiazole rings is 1. The highest BCUT2D eigenvalue weighted by molar-refractivity contribution is 7.13. The minimum Gasteiger partial charge on any atom is -0.486 e. The van der Waals surface area contributed by atoms with Crippen LogP contribution in [-0.2, 0) is 6.61 Å². The van der Waals surface area contributed by atoms with E-state index in [0.29, 0.717) is 11.4 Å². The molecule has 1 amide bonds. The summed E-state index contributed by atoms with van der Waals surface area (Å²) in [5.41, 5.74) is 1.71. The van der Waals surface area contributed by atoms with Gasteiger partial charge in [0.05, 0.1) is 0 Å². The molecular weight excluding hydrogens is 360 g/mol. The van der Waals surface area contributed by atoms with Crippen molar-refractivity contribution in [2.24, 2.45) is 0 Å². The average molecular weight is 376 g/mol. The van der Waals surface area contributed by atoms with E-state index >= 15 is 0 Å². The number of aromatic nitrogens is 1. The van der Waals surface area contributed by atoms with Crippen LogP contribution in [0.25, 0.3) is 10.6 Å². The molecule has 0 saturated carbocycles. The number of benzene rings is 2. The van der Waals surface area contributed by atoms with Crippen molar-refractivity contribution in [2.45, 2.75) is 6.61 Å². The van der Waals surface area contributed by atoms with Gasteiger partial charge in [-0.1, -0.05) is 18.2 Å². The van der Waals surface area contributed by atoms with Crippen LogP contribution in [0.15, 0.2) is 82.7 Å². The Kier molecular flexibility index (Phi) is 4.98. The SMILES string of the molecule is O=C(Nc1ccc(-c2nccs2)cc1)c1ccc(COc2ccccc2)o1. The van der Waals surface area contributed by atoms with Gasteiger partial charge in [0.2, 0.25) is 0 Å². The molecule has 5 nitrogen and oxygen atoms in total. The van der Waals surface area contributed by atoms with Crippen molar-refractivity contribution in [3.05, 3.63) is 89.8 Å². The van der Waals surface area contributed by atoms with Crippen LogP contribution in [0.5, 0.6) is 5.75 Å². The largest absolute Gasteiger partial charge is 0.486 e. The fraction of sp³-hybridized carbons (Fsp3) is 0.0476. The second-order valence-electron chi connectivity index (χ2n) is 5.74. The first-order valence-corrected chi connectivity index (χ1v) is 9.24. The molecule has 0 aliphatic heterocycles. The molecule has 134 valence electrons. The van der Waals surface area contributed by atoms with Gasteiger partial charge >= 0.3 is 0 Å². The Morgan fingerprint density at radius 1 is 1.04 bits per heavy atom. The van der Waals surface area contributed by atoms with E-state index in [-0.39, 0.29) is 18.3 Å². The van der Waals surface area contributed by atoms with Gasteiger partial charge in [-0.2, -0.15) is 0 Å². The maximum Gasteiger partial charge on any atom is 0.291 e. The molecule has 0 radical (unpaired) electrons. The molecule has 0 saturated heterocycles. The zero-order chi connectivity index (χ0) is 18.5. The van der Waals surface area contributed by atoms with E-state index in [2.05, 4.69) is 10.3 Å². The molecule has 0 atom stereocenters. The average Bonchev–Trinajstić information content (AvgIpc) is 3.40. The minimum absolute atomic E-state index is 0.241. The van der Waals surface area contributed by atoms with Crippen molar-refractivity contribution in [3.63, 3.8) is 0 Å². The van der Waals surface area contributed by atoms with Gasteiger partial charge in [-0.05, 0) is 48.5 Å². The number of amides is 1. The lowest BCUT2D eigenvalue weighted by molar-refractivity contribution is 0.0992. The molecule has 0 unspecified atom stereocenters. The molecule has 0 fully saturated rings. The molecule has 6 heteroatoms. The smallest absolute Gasteiger partial charge is 0.291 e. The van der Waals surface area contributed by atoms with Gasteiger partial charge in [-0.3, -0.25) is 4.79 Å². The lowest BCUT2D eigenvalue weighted by Crippen LogP contribution is -2.10. The number of ether oxygens (including phenoxy) is 1. The van der Waals surface area contributed by atoms with Gasteiger partial charge in [0.15, 0.2) is 5.76 Å². The van der Waals surface area contributed by atoms with Gasteiger partial charge in [-0.25, -0.2) is 4.98 Å². The Morgan fingerprint density at radius 3 is 2.59 bits per heavy atom. The maximum absolute atomic E-state index is 12.4. The predicted molar refractivity (Wildman–Crippen MR) is 105 cm³/mol. The summed E-state index contributed by atoms with van der Waals surface area (Å²) in [6, 6.07) is 20.4. The number of carbonyl (C=O) groups is 1. The number of nitrogens with one attached hydrogen (secondary N) is 1. The number of rotatable bonds is 6. The Bertz CT molecular complexity index is 1010. The van der Waals surface area contributed by atoms with Crippen LogP contribution < -0.4 is 10.1 Å². The van der Waals surface area contributed by atoms with Crippen LogP contribution in [0.2, 0.25) is 0 Å². The Labute approximate surface area is 160 Å². The van der Waals surface area contributed by atoms with E-state index in [1.54, 1.807) is 29.7 Å². The first-order chi connectivity index (χ1) is 13.3. The van der Waals surface area contributed by atoms with Crippen molar-refractivity contribution in [2.75, 3.05) is 5.32 Å². The van der Waals surface area contributed by atoms with Crippen molar-refractivity contribution >= 4 is 22.9 Å². The second-order valence-corrected chi connectivity index (χ2v) is 6.63. The lowest BCUT2D eigenvalue weighted by atomic mass is 10.2. The molecule has 27 heavy (non-hydrogen) atoms. The summed E-state index contributed by atoms with van der Waals surface area (Å²) in [5.74, 6) is 1.27. The lowest BCUT2D eigenvalue weighted by Gasteiger charge is -2.05. The van der Waals surface area contributed by atoms with E-state index < -0.39 is 0 Å². The zero-order valence-electron chi connectivity index (χ0n) is 14.3. The molecule has 2 heterocycles. The van der Waals surface area contributed by atoms with Crippen molar-refractivity contribution < 1.29 is 13.9 Å². The fourth-order valence-corrected chi connectivity index (χ4v) is 3.15. The first-order valence-electron chi connectivity index (χ1n) is 8.36. The van der Waals surface area contributed by atoms with Crippen molar-refractivity contribution in [3.8, 4) is 16.3 Å². The van der Waals surface area contributed by atoms with Crippen molar-refractivity contribution in [1.82, 2.24) is 4.98 Å². The standard InChI is InChI=1S/C21H16N2O3S/c24-20(23-16-8-6-15(7-9-16)21-22-12-13-27-21)19-11-10-18(26-19)14-25-17-4-2-1-3-5-17/h1-13H,14H2,(H,23,24). The van der Waals surface area contributed by atoms with E-state index in [9.17, 15) is 4.79 Å². The van der Waals surface area contributed by atoms with Gasteiger partial charge in [-0.15, -0.1) is 11.3 Å². The molecular formula is C21H16N2O3S. The molecule has 1 N–H and O–H groups in total. The molecule has 0 aliphatic rings. The van der Waals surface area contributed by atoms with Gasteiger partial charge in [0.1, 0.15) is 23.1 Å². The molecule has 2 aromatic heterocycles. The quantitative estimate of drug-likeness (QED) is 0.500. The van der Waals surface area contributed by atoms with E-state index in [4.69, 9.17) is 9.15 Å². The van der Waals surface area contributed by atoms with Gasteiger partial charge < -0.3 is 14.5 Å². The van der Waals surface area contributed by atoms with Crippen LogP contribution in [0, 0.1) is 0 Å². The van der Waals surface area contributed by atoms with Crippen LogP contribution in [0.3, 0.4) is 0 Å². The summed E-state index contributed by atoms with van der Waals surface area (Å²) < 4.78 is 11.2. The number of hydrogen-bond donors (Lipinski definition) is 1. The number of para-hydroxylation sites is 1. The van der Waals surface area contributed by atoms with Crippen LogP contribution >= 0.6 is 11.3 Å². The number of furan rings is 1. The summed E-state index contributed by atoms with van der Waals surface area (Å²) in [4.78, 5) is 16.6. The third-order valence-electron chi connectivity index (χ3n) is 3.83. The van der Waals surface area contributed by atoms with E-state index in [0.717, 1.165) is 16.3 Å². The summed E-state index contributed by atoms with van der Waals surface area (Å²) in [6.45, 7) is 0.264. The van der Waals surface area contributed by atoms with Gasteiger partial charge in [0.25, 0.3) is 5.91 Å². The topological polar surface area (TPSA) is 64.4 Å². The Morgan fingerprint density at radius 2 is 1.85 bits per heavy atom.